The summed E-state index contributed by atoms with van der Waals surface area (Å²) in [4.78, 5) is 2.47. The standard InChI is InChI=1S/C13H26N2O2/c1-10-5-6-13(17-10)12(8-14)15-7-3-4-11(9-15)16-2/h10-13H,3-9,14H2,1-2H3. The van der Waals surface area contributed by atoms with Crippen molar-refractivity contribution < 1.29 is 9.47 Å². The number of ether oxygens (including phenoxy) is 2. The van der Waals surface area contributed by atoms with Crippen molar-refractivity contribution >= 4 is 0 Å². The summed E-state index contributed by atoms with van der Waals surface area (Å²) in [6.07, 6.45) is 5.79. The van der Waals surface area contributed by atoms with E-state index in [0.717, 1.165) is 19.5 Å². The normalized spacial score (nSPS) is 37.2. The molecule has 2 rings (SSSR count). The third-order valence-electron chi connectivity index (χ3n) is 4.15. The molecule has 2 heterocycles. The molecule has 2 aliphatic heterocycles. The van der Waals surface area contributed by atoms with Crippen molar-refractivity contribution in [1.29, 1.82) is 0 Å². The lowest BCUT2D eigenvalue weighted by Crippen LogP contribution is -2.53. The average Bonchev–Trinajstić information content (AvgIpc) is 2.77. The van der Waals surface area contributed by atoms with Crippen LogP contribution >= 0.6 is 0 Å². The van der Waals surface area contributed by atoms with Crippen LogP contribution in [0.2, 0.25) is 0 Å². The van der Waals surface area contributed by atoms with Crippen LogP contribution in [0.3, 0.4) is 0 Å². The SMILES string of the molecule is COC1CCCN(C(CN)C2CCC(C)O2)C1. The van der Waals surface area contributed by atoms with Crippen LogP contribution in [0.25, 0.3) is 0 Å². The Balaban J connectivity index is 1.92. The lowest BCUT2D eigenvalue weighted by atomic mass is 10.0. The second kappa shape index (κ2) is 6.14. The van der Waals surface area contributed by atoms with E-state index in [0.29, 0.717) is 30.9 Å². The number of piperidine rings is 1. The van der Waals surface area contributed by atoms with Gasteiger partial charge in [-0.1, -0.05) is 0 Å². The van der Waals surface area contributed by atoms with Gasteiger partial charge in [0.15, 0.2) is 0 Å². The van der Waals surface area contributed by atoms with Crippen molar-refractivity contribution in [2.45, 2.75) is 57.0 Å². The first kappa shape index (κ1) is 13.3. The van der Waals surface area contributed by atoms with Gasteiger partial charge in [0.1, 0.15) is 0 Å². The first-order valence-corrected chi connectivity index (χ1v) is 6.87. The molecule has 2 fully saturated rings. The predicted molar refractivity (Wildman–Crippen MR) is 68.0 cm³/mol. The third kappa shape index (κ3) is 3.19. The maximum Gasteiger partial charge on any atom is 0.0747 e. The number of nitrogens with two attached hydrogens (primary N) is 1. The molecule has 4 nitrogen and oxygen atoms in total. The van der Waals surface area contributed by atoms with Crippen LogP contribution < -0.4 is 5.73 Å². The topological polar surface area (TPSA) is 47.7 Å². The average molecular weight is 242 g/mol. The van der Waals surface area contributed by atoms with Gasteiger partial charge >= 0.3 is 0 Å². The van der Waals surface area contributed by atoms with E-state index in [1.165, 1.54) is 19.3 Å². The van der Waals surface area contributed by atoms with E-state index in [4.69, 9.17) is 15.2 Å². The fourth-order valence-corrected chi connectivity index (χ4v) is 3.11. The molecular formula is C13H26N2O2. The van der Waals surface area contributed by atoms with Crippen LogP contribution in [0.1, 0.15) is 32.6 Å². The summed E-state index contributed by atoms with van der Waals surface area (Å²) in [5.41, 5.74) is 5.95. The summed E-state index contributed by atoms with van der Waals surface area (Å²) in [6.45, 7) is 4.98. The first-order chi connectivity index (χ1) is 8.24. The molecule has 0 radical (unpaired) electrons. The van der Waals surface area contributed by atoms with Crippen molar-refractivity contribution in [1.82, 2.24) is 4.90 Å². The van der Waals surface area contributed by atoms with E-state index in [2.05, 4.69) is 11.8 Å². The Morgan fingerprint density at radius 2 is 2.24 bits per heavy atom. The van der Waals surface area contributed by atoms with Crippen LogP contribution in [-0.4, -0.2) is 56.0 Å². The molecule has 0 aliphatic carbocycles. The van der Waals surface area contributed by atoms with Gasteiger partial charge in [-0.3, -0.25) is 4.90 Å². The molecule has 100 valence electrons. The summed E-state index contributed by atoms with van der Waals surface area (Å²) in [5.74, 6) is 0. The van der Waals surface area contributed by atoms with Gasteiger partial charge in [-0.05, 0) is 39.2 Å². The van der Waals surface area contributed by atoms with Crippen LogP contribution in [0, 0.1) is 0 Å². The highest BCUT2D eigenvalue weighted by Gasteiger charge is 2.34. The summed E-state index contributed by atoms with van der Waals surface area (Å²) in [7, 11) is 1.81. The van der Waals surface area contributed by atoms with Crippen molar-refractivity contribution in [3.05, 3.63) is 0 Å². The molecule has 4 atom stereocenters. The van der Waals surface area contributed by atoms with Gasteiger partial charge in [-0.15, -0.1) is 0 Å². The van der Waals surface area contributed by atoms with Gasteiger partial charge in [0.25, 0.3) is 0 Å². The van der Waals surface area contributed by atoms with Crippen molar-refractivity contribution in [3.8, 4) is 0 Å². The minimum atomic E-state index is 0.325. The molecule has 0 bridgehead atoms. The molecule has 2 saturated heterocycles. The highest BCUT2D eigenvalue weighted by molar-refractivity contribution is 4.88. The van der Waals surface area contributed by atoms with Crippen LogP contribution in [0.4, 0.5) is 0 Å². The van der Waals surface area contributed by atoms with E-state index < -0.39 is 0 Å². The molecule has 0 aromatic rings. The zero-order valence-electron chi connectivity index (χ0n) is 11.1. The monoisotopic (exact) mass is 242 g/mol. The lowest BCUT2D eigenvalue weighted by Gasteiger charge is -2.39. The lowest BCUT2D eigenvalue weighted by molar-refractivity contribution is -0.0384. The molecule has 0 amide bonds. The van der Waals surface area contributed by atoms with E-state index in [-0.39, 0.29) is 0 Å². The maximum absolute atomic E-state index is 5.97. The van der Waals surface area contributed by atoms with Crippen LogP contribution in [0.15, 0.2) is 0 Å². The zero-order chi connectivity index (χ0) is 12.3. The zero-order valence-corrected chi connectivity index (χ0v) is 11.1. The van der Waals surface area contributed by atoms with Gasteiger partial charge in [0.2, 0.25) is 0 Å². The largest absolute Gasteiger partial charge is 0.380 e. The van der Waals surface area contributed by atoms with E-state index in [9.17, 15) is 0 Å². The van der Waals surface area contributed by atoms with Gasteiger partial charge in [0.05, 0.1) is 18.3 Å². The predicted octanol–water partition coefficient (Wildman–Crippen LogP) is 0.992. The van der Waals surface area contributed by atoms with Crippen molar-refractivity contribution in [2.75, 3.05) is 26.7 Å². The van der Waals surface area contributed by atoms with Crippen molar-refractivity contribution in [2.24, 2.45) is 5.73 Å². The Hall–Kier alpha value is -0.160. The highest BCUT2D eigenvalue weighted by atomic mass is 16.5. The van der Waals surface area contributed by atoms with Gasteiger partial charge < -0.3 is 15.2 Å². The molecule has 2 aliphatic rings. The highest BCUT2D eigenvalue weighted by Crippen LogP contribution is 2.26. The maximum atomic E-state index is 5.97. The Bertz CT molecular complexity index is 237. The Morgan fingerprint density at radius 1 is 1.41 bits per heavy atom. The minimum absolute atomic E-state index is 0.325. The molecule has 0 aromatic carbocycles. The van der Waals surface area contributed by atoms with Gasteiger partial charge in [-0.25, -0.2) is 0 Å². The Kier molecular flexibility index (Phi) is 4.79. The molecule has 17 heavy (non-hydrogen) atoms. The number of rotatable bonds is 4. The number of hydrogen-bond acceptors (Lipinski definition) is 4. The van der Waals surface area contributed by atoms with E-state index >= 15 is 0 Å². The molecule has 0 spiro atoms. The first-order valence-electron chi connectivity index (χ1n) is 6.87. The third-order valence-corrected chi connectivity index (χ3v) is 4.15. The minimum Gasteiger partial charge on any atom is -0.380 e. The summed E-state index contributed by atoms with van der Waals surface area (Å²) in [5, 5.41) is 0. The molecule has 0 saturated carbocycles. The van der Waals surface area contributed by atoms with Gasteiger partial charge in [0, 0.05) is 26.2 Å². The summed E-state index contributed by atoms with van der Waals surface area (Å²) in [6, 6.07) is 0.373. The molecule has 2 N–H and O–H groups in total. The molecule has 4 unspecified atom stereocenters. The van der Waals surface area contributed by atoms with E-state index in [1.54, 1.807) is 7.11 Å². The Morgan fingerprint density at radius 3 is 2.82 bits per heavy atom. The number of methoxy groups -OCH3 is 1. The second-order valence-electron chi connectivity index (χ2n) is 5.36. The quantitative estimate of drug-likeness (QED) is 0.799. The Labute approximate surface area is 104 Å². The second-order valence-corrected chi connectivity index (χ2v) is 5.36. The summed E-state index contributed by atoms with van der Waals surface area (Å²) >= 11 is 0. The van der Waals surface area contributed by atoms with E-state index in [1.807, 2.05) is 0 Å². The van der Waals surface area contributed by atoms with Crippen LogP contribution in [-0.2, 0) is 9.47 Å². The fourth-order valence-electron chi connectivity index (χ4n) is 3.11. The molecular weight excluding hydrogens is 216 g/mol. The van der Waals surface area contributed by atoms with Crippen molar-refractivity contribution in [3.63, 3.8) is 0 Å². The number of hydrogen-bond donors (Lipinski definition) is 1. The number of nitrogens with zero attached hydrogens (tertiary/aromatic N) is 1. The smallest absolute Gasteiger partial charge is 0.0747 e. The fraction of sp³-hybridized carbons (Fsp3) is 1.00. The molecule has 0 aromatic heterocycles. The number of likely N-dealkylation sites (tertiary alicyclic amines) is 1. The summed E-state index contributed by atoms with van der Waals surface area (Å²) < 4.78 is 11.5. The van der Waals surface area contributed by atoms with Crippen LogP contribution in [0.5, 0.6) is 0 Å². The molecule has 4 heteroatoms. The van der Waals surface area contributed by atoms with Gasteiger partial charge in [-0.2, -0.15) is 0 Å².